The molecule has 2 fully saturated rings. The molecule has 1 N–H and O–H groups in total. The van der Waals surface area contributed by atoms with Gasteiger partial charge >= 0.3 is 6.18 Å². The molecule has 196 valence electrons. The van der Waals surface area contributed by atoms with Crippen molar-refractivity contribution >= 4 is 16.7 Å². The Morgan fingerprint density at radius 3 is 2.66 bits per heavy atom. The highest BCUT2D eigenvalue weighted by atomic mass is 19.4. The Balaban J connectivity index is 1.16. The van der Waals surface area contributed by atoms with Gasteiger partial charge in [0, 0.05) is 73.5 Å². The van der Waals surface area contributed by atoms with E-state index in [1.807, 2.05) is 0 Å². The number of aromatic nitrogens is 5. The summed E-state index contributed by atoms with van der Waals surface area (Å²) in [6, 6.07) is 5.66. The maximum absolute atomic E-state index is 14.7. The number of nitrogens with one attached hydrogen (secondary N) is 1. The first kappa shape index (κ1) is 24.4. The molecular formula is C26H24F4N8. The van der Waals surface area contributed by atoms with Gasteiger partial charge < -0.3 is 9.88 Å². The van der Waals surface area contributed by atoms with E-state index in [9.17, 15) is 22.8 Å². The number of halogens is 4. The summed E-state index contributed by atoms with van der Waals surface area (Å²) in [5.74, 6) is -0.448. The lowest BCUT2D eigenvalue weighted by atomic mass is 9.83. The Morgan fingerprint density at radius 1 is 1.13 bits per heavy atom. The second-order valence-corrected chi connectivity index (χ2v) is 9.97. The predicted octanol–water partition coefficient (Wildman–Crippen LogP) is 4.57. The standard InChI is InChI=1S/C26H24F4N8/c27-21-13-34-24-19(1-8-33-24)23(21)17-11-35-38(14-17)25(5-6-31)15-37(16-25)18-3-9-36(10-4-18)22-2-7-32-12-20(22)26(28,29)30/h1-2,7-8,11-14,18H,3-5,9-10,15-16H2,(H,33,34). The van der Waals surface area contributed by atoms with Crippen molar-refractivity contribution in [2.24, 2.45) is 0 Å². The summed E-state index contributed by atoms with van der Waals surface area (Å²) < 4.78 is 56.9. The molecule has 0 spiro atoms. The van der Waals surface area contributed by atoms with Crippen molar-refractivity contribution < 1.29 is 17.6 Å². The Bertz CT molecular complexity index is 1500. The Kier molecular flexibility index (Phi) is 5.83. The Labute approximate surface area is 215 Å². The van der Waals surface area contributed by atoms with Crippen LogP contribution in [0.15, 0.2) is 49.3 Å². The van der Waals surface area contributed by atoms with Crippen LogP contribution >= 0.6 is 0 Å². The molecule has 0 bridgehead atoms. The minimum absolute atomic E-state index is 0.164. The third-order valence-corrected chi connectivity index (χ3v) is 7.73. The quantitative estimate of drug-likeness (QED) is 0.385. The zero-order valence-electron chi connectivity index (χ0n) is 20.3. The monoisotopic (exact) mass is 524 g/mol. The fraction of sp³-hybridized carbons (Fsp3) is 0.385. The van der Waals surface area contributed by atoms with Crippen LogP contribution in [-0.4, -0.2) is 61.9 Å². The van der Waals surface area contributed by atoms with Gasteiger partial charge in [0.05, 0.1) is 36.1 Å². The third kappa shape index (κ3) is 4.07. The number of rotatable bonds is 5. The highest BCUT2D eigenvalue weighted by Crippen LogP contribution is 2.40. The van der Waals surface area contributed by atoms with Crippen LogP contribution in [0.25, 0.3) is 22.2 Å². The van der Waals surface area contributed by atoms with E-state index >= 15 is 0 Å². The van der Waals surface area contributed by atoms with Gasteiger partial charge in [-0.3, -0.25) is 14.6 Å². The minimum Gasteiger partial charge on any atom is -0.371 e. The minimum atomic E-state index is -4.45. The van der Waals surface area contributed by atoms with E-state index in [1.54, 1.807) is 34.2 Å². The van der Waals surface area contributed by atoms with E-state index in [-0.39, 0.29) is 18.2 Å². The molecule has 2 aliphatic heterocycles. The molecular weight excluding hydrogens is 500 g/mol. The summed E-state index contributed by atoms with van der Waals surface area (Å²) in [6.45, 7) is 2.18. The average molecular weight is 525 g/mol. The zero-order valence-corrected chi connectivity index (χ0v) is 20.3. The Hall–Kier alpha value is -3.98. The van der Waals surface area contributed by atoms with Crippen LogP contribution in [-0.2, 0) is 11.7 Å². The molecule has 8 nitrogen and oxygen atoms in total. The lowest BCUT2D eigenvalue weighted by Gasteiger charge is -2.54. The Morgan fingerprint density at radius 2 is 1.92 bits per heavy atom. The van der Waals surface area contributed by atoms with Gasteiger partial charge in [-0.2, -0.15) is 23.5 Å². The molecule has 4 aromatic heterocycles. The molecule has 0 radical (unpaired) electrons. The average Bonchev–Trinajstić information content (AvgIpc) is 3.56. The zero-order chi connectivity index (χ0) is 26.5. The van der Waals surface area contributed by atoms with E-state index in [2.05, 4.69) is 31.0 Å². The number of piperidine rings is 1. The molecule has 0 atom stereocenters. The number of nitriles is 1. The molecule has 6 rings (SSSR count). The SMILES string of the molecule is N#CCC1(n2cc(-c3c(F)cnc4[nH]ccc34)cn2)CN(C2CCN(c3ccncc3C(F)(F)F)CC2)C1. The highest BCUT2D eigenvalue weighted by Gasteiger charge is 2.48. The van der Waals surface area contributed by atoms with E-state index in [4.69, 9.17) is 0 Å². The van der Waals surface area contributed by atoms with Crippen LogP contribution in [0.5, 0.6) is 0 Å². The molecule has 0 aliphatic carbocycles. The maximum atomic E-state index is 14.7. The summed E-state index contributed by atoms with van der Waals surface area (Å²) in [6.07, 6.45) is 5.75. The van der Waals surface area contributed by atoms with Crippen LogP contribution in [0.3, 0.4) is 0 Å². The maximum Gasteiger partial charge on any atom is 0.419 e. The molecule has 0 aromatic carbocycles. The molecule has 2 aliphatic rings. The summed E-state index contributed by atoms with van der Waals surface area (Å²) in [4.78, 5) is 14.8. The van der Waals surface area contributed by atoms with Crippen molar-refractivity contribution in [3.8, 4) is 17.2 Å². The number of H-pyrrole nitrogens is 1. The fourth-order valence-electron chi connectivity index (χ4n) is 5.79. The van der Waals surface area contributed by atoms with Crippen molar-refractivity contribution in [1.82, 2.24) is 29.6 Å². The molecule has 0 amide bonds. The number of likely N-dealkylation sites (tertiary alicyclic amines) is 1. The van der Waals surface area contributed by atoms with Gasteiger partial charge in [-0.05, 0) is 25.0 Å². The first-order valence-corrected chi connectivity index (χ1v) is 12.3. The number of hydrogen-bond acceptors (Lipinski definition) is 6. The predicted molar refractivity (Wildman–Crippen MR) is 132 cm³/mol. The van der Waals surface area contributed by atoms with Crippen molar-refractivity contribution in [2.75, 3.05) is 31.1 Å². The van der Waals surface area contributed by atoms with Crippen molar-refractivity contribution in [3.63, 3.8) is 0 Å². The van der Waals surface area contributed by atoms with Gasteiger partial charge in [0.25, 0.3) is 0 Å². The largest absolute Gasteiger partial charge is 0.419 e. The number of alkyl halides is 3. The van der Waals surface area contributed by atoms with Crippen LogP contribution < -0.4 is 4.90 Å². The fourth-order valence-corrected chi connectivity index (χ4v) is 5.79. The smallest absolute Gasteiger partial charge is 0.371 e. The summed E-state index contributed by atoms with van der Waals surface area (Å²) in [5.41, 5.74) is 0.504. The first-order chi connectivity index (χ1) is 18.3. The van der Waals surface area contributed by atoms with Gasteiger partial charge in [-0.25, -0.2) is 9.37 Å². The number of nitrogens with zero attached hydrogens (tertiary/aromatic N) is 7. The van der Waals surface area contributed by atoms with Gasteiger partial charge in [0.2, 0.25) is 0 Å². The molecule has 0 saturated carbocycles. The molecule has 12 heteroatoms. The van der Waals surface area contributed by atoms with E-state index in [0.717, 1.165) is 6.20 Å². The van der Waals surface area contributed by atoms with E-state index in [1.165, 1.54) is 18.5 Å². The second-order valence-electron chi connectivity index (χ2n) is 9.97. The lowest BCUT2D eigenvalue weighted by molar-refractivity contribution is -0.137. The normalized spacial score (nSPS) is 18.4. The van der Waals surface area contributed by atoms with Crippen LogP contribution in [0.1, 0.15) is 24.8 Å². The number of pyridine rings is 2. The molecule has 0 unspecified atom stereocenters. The topological polar surface area (TPSA) is 89.7 Å². The van der Waals surface area contributed by atoms with Crippen molar-refractivity contribution in [2.45, 2.75) is 37.0 Å². The van der Waals surface area contributed by atoms with Gasteiger partial charge in [0.15, 0.2) is 0 Å². The summed E-state index contributed by atoms with van der Waals surface area (Å²) in [7, 11) is 0. The van der Waals surface area contributed by atoms with Gasteiger partial charge in [-0.15, -0.1) is 0 Å². The van der Waals surface area contributed by atoms with Crippen molar-refractivity contribution in [1.29, 1.82) is 5.26 Å². The molecule has 38 heavy (non-hydrogen) atoms. The number of hydrogen-bond donors (Lipinski definition) is 1. The van der Waals surface area contributed by atoms with Crippen molar-refractivity contribution in [3.05, 3.63) is 60.7 Å². The second kappa shape index (κ2) is 9.09. The number of aromatic amines is 1. The van der Waals surface area contributed by atoms with Crippen LogP contribution in [0.2, 0.25) is 0 Å². The number of anilines is 1. The van der Waals surface area contributed by atoms with E-state index in [0.29, 0.717) is 61.2 Å². The van der Waals surface area contributed by atoms with Gasteiger partial charge in [-0.1, -0.05) is 0 Å². The third-order valence-electron chi connectivity index (χ3n) is 7.73. The molecule has 6 heterocycles. The highest BCUT2D eigenvalue weighted by molar-refractivity contribution is 5.92. The lowest BCUT2D eigenvalue weighted by Crippen LogP contribution is -2.66. The van der Waals surface area contributed by atoms with Gasteiger partial charge in [0.1, 0.15) is 17.0 Å². The summed E-state index contributed by atoms with van der Waals surface area (Å²) in [5, 5.41) is 14.8. The van der Waals surface area contributed by atoms with E-state index < -0.39 is 23.1 Å². The number of fused-ring (bicyclic) bond motifs is 1. The summed E-state index contributed by atoms with van der Waals surface area (Å²) >= 11 is 0. The first-order valence-electron chi connectivity index (χ1n) is 12.3. The molecule has 4 aromatic rings. The van der Waals surface area contributed by atoms with Crippen LogP contribution in [0.4, 0.5) is 23.2 Å². The van der Waals surface area contributed by atoms with Crippen LogP contribution in [0, 0.1) is 17.1 Å². The molecule has 2 saturated heterocycles.